The van der Waals surface area contributed by atoms with Crippen molar-refractivity contribution in [3.63, 3.8) is 0 Å². The number of ether oxygens (including phenoxy) is 2. The largest absolute Gasteiger partial charge is 0.495 e. The average molecular weight is 459 g/mol. The number of carbonyl (C=O) groups is 2. The lowest BCUT2D eigenvalue weighted by molar-refractivity contribution is -0.134. The molecule has 32 heavy (non-hydrogen) atoms. The second-order valence-corrected chi connectivity index (χ2v) is 10.2. The molecule has 2 aromatic rings. The Bertz CT molecular complexity index is 1160. The summed E-state index contributed by atoms with van der Waals surface area (Å²) in [4.78, 5) is 25.7. The minimum atomic E-state index is -3.69. The molecule has 170 valence electrons. The summed E-state index contributed by atoms with van der Waals surface area (Å²) in [5, 5.41) is 2.71. The third kappa shape index (κ3) is 4.10. The van der Waals surface area contributed by atoms with E-state index in [9.17, 15) is 18.0 Å². The Morgan fingerprint density at radius 1 is 1.12 bits per heavy atom. The van der Waals surface area contributed by atoms with Gasteiger partial charge in [0.05, 0.1) is 23.3 Å². The van der Waals surface area contributed by atoms with Gasteiger partial charge in [-0.3, -0.25) is 4.79 Å². The fourth-order valence-corrected chi connectivity index (χ4v) is 5.66. The molecule has 2 aliphatic heterocycles. The van der Waals surface area contributed by atoms with Crippen LogP contribution in [0.3, 0.4) is 0 Å². The van der Waals surface area contributed by atoms with Crippen molar-refractivity contribution in [3.8, 4) is 5.75 Å². The van der Waals surface area contributed by atoms with Gasteiger partial charge in [-0.2, -0.15) is 4.31 Å². The van der Waals surface area contributed by atoms with Gasteiger partial charge in [-0.25, -0.2) is 13.2 Å². The molecule has 1 N–H and O–H groups in total. The highest BCUT2D eigenvalue weighted by Gasteiger charge is 2.43. The number of anilines is 1. The number of esters is 1. The fourth-order valence-electron chi connectivity index (χ4n) is 4.11. The normalized spacial score (nSPS) is 21.4. The molecule has 1 fully saturated rings. The topological polar surface area (TPSA) is 102 Å². The number of carbonyl (C=O) groups excluding carboxylic acids is 2. The van der Waals surface area contributed by atoms with E-state index in [1.165, 1.54) is 36.5 Å². The van der Waals surface area contributed by atoms with Crippen molar-refractivity contribution in [3.05, 3.63) is 53.6 Å². The van der Waals surface area contributed by atoms with Gasteiger partial charge in [-0.05, 0) is 49.6 Å². The Morgan fingerprint density at radius 3 is 2.56 bits per heavy atom. The van der Waals surface area contributed by atoms with Crippen molar-refractivity contribution in [1.82, 2.24) is 4.31 Å². The Kier molecular flexibility index (Phi) is 5.96. The predicted molar refractivity (Wildman–Crippen MR) is 118 cm³/mol. The van der Waals surface area contributed by atoms with E-state index >= 15 is 0 Å². The number of piperidine rings is 1. The summed E-state index contributed by atoms with van der Waals surface area (Å²) in [6.45, 7) is 2.49. The van der Waals surface area contributed by atoms with E-state index < -0.39 is 27.5 Å². The second kappa shape index (κ2) is 8.55. The van der Waals surface area contributed by atoms with Crippen LogP contribution in [0.25, 0.3) is 0 Å². The minimum Gasteiger partial charge on any atom is -0.495 e. The van der Waals surface area contributed by atoms with Gasteiger partial charge in [0.1, 0.15) is 5.75 Å². The quantitative estimate of drug-likeness (QED) is 0.691. The maximum absolute atomic E-state index is 13.2. The molecule has 0 aliphatic carbocycles. The van der Waals surface area contributed by atoms with Crippen LogP contribution in [-0.2, 0) is 26.0 Å². The first kappa shape index (κ1) is 22.3. The number of nitrogens with one attached hydrogen (secondary N) is 1. The third-order valence-electron chi connectivity index (χ3n) is 5.94. The average Bonchev–Trinajstić information content (AvgIpc) is 2.79. The highest BCUT2D eigenvalue weighted by atomic mass is 32.2. The number of rotatable bonds is 5. The first-order valence-corrected chi connectivity index (χ1v) is 12.0. The zero-order valence-corrected chi connectivity index (χ0v) is 18.9. The van der Waals surface area contributed by atoms with E-state index in [4.69, 9.17) is 9.47 Å². The van der Waals surface area contributed by atoms with Gasteiger partial charge in [0.15, 0.2) is 5.60 Å². The first-order chi connectivity index (χ1) is 15.2. The summed E-state index contributed by atoms with van der Waals surface area (Å²) in [5.41, 5.74) is -0.0930. The molecule has 2 aliphatic rings. The van der Waals surface area contributed by atoms with Crippen LogP contribution in [0.5, 0.6) is 5.75 Å². The molecular formula is C23H26N2O6S. The highest BCUT2D eigenvalue weighted by Crippen LogP contribution is 2.33. The summed E-state index contributed by atoms with van der Waals surface area (Å²) >= 11 is 0. The Morgan fingerprint density at radius 2 is 1.84 bits per heavy atom. The SMILES string of the molecule is COc1ccc(S(=O)(=O)N2CCCCC2)cc1NC(=O)C1(C)Cc2ccccc2C(=O)O1. The monoisotopic (exact) mass is 458 g/mol. The van der Waals surface area contributed by atoms with Gasteiger partial charge in [-0.1, -0.05) is 24.6 Å². The lowest BCUT2D eigenvalue weighted by Gasteiger charge is -2.33. The van der Waals surface area contributed by atoms with Gasteiger partial charge < -0.3 is 14.8 Å². The van der Waals surface area contributed by atoms with Crippen LogP contribution in [0.1, 0.15) is 42.1 Å². The number of hydrogen-bond donors (Lipinski definition) is 1. The van der Waals surface area contributed by atoms with Gasteiger partial charge in [0.2, 0.25) is 10.0 Å². The number of nitrogens with zero attached hydrogens (tertiary/aromatic N) is 1. The molecule has 4 rings (SSSR count). The van der Waals surface area contributed by atoms with Gasteiger partial charge in [0, 0.05) is 19.5 Å². The van der Waals surface area contributed by atoms with Crippen molar-refractivity contribution in [2.24, 2.45) is 0 Å². The Balaban J connectivity index is 1.62. The van der Waals surface area contributed by atoms with Crippen molar-refractivity contribution < 1.29 is 27.5 Å². The van der Waals surface area contributed by atoms with E-state index in [0.717, 1.165) is 24.8 Å². The molecule has 0 bridgehead atoms. The van der Waals surface area contributed by atoms with Crippen LogP contribution in [-0.4, -0.2) is 50.4 Å². The maximum atomic E-state index is 13.2. The predicted octanol–water partition coefficient (Wildman–Crippen LogP) is 2.98. The second-order valence-electron chi connectivity index (χ2n) is 8.24. The summed E-state index contributed by atoms with van der Waals surface area (Å²) in [6, 6.07) is 11.4. The van der Waals surface area contributed by atoms with Crippen LogP contribution in [0.15, 0.2) is 47.4 Å². The van der Waals surface area contributed by atoms with Crippen LogP contribution < -0.4 is 10.1 Å². The Labute approximate surface area is 187 Å². The molecule has 0 saturated carbocycles. The molecule has 0 radical (unpaired) electrons. The molecular weight excluding hydrogens is 432 g/mol. The summed E-state index contributed by atoms with van der Waals surface area (Å²) in [5.74, 6) is -0.828. The molecule has 8 nitrogen and oxygen atoms in total. The van der Waals surface area contributed by atoms with E-state index in [1.54, 1.807) is 24.3 Å². The third-order valence-corrected chi connectivity index (χ3v) is 7.83. The molecule has 0 aromatic heterocycles. The molecule has 2 aromatic carbocycles. The molecule has 1 unspecified atom stereocenters. The minimum absolute atomic E-state index is 0.0756. The Hall–Kier alpha value is -2.91. The van der Waals surface area contributed by atoms with Crippen molar-refractivity contribution >= 4 is 27.6 Å². The molecule has 9 heteroatoms. The molecule has 2 heterocycles. The highest BCUT2D eigenvalue weighted by molar-refractivity contribution is 7.89. The zero-order valence-electron chi connectivity index (χ0n) is 18.1. The fraction of sp³-hybridized carbons (Fsp3) is 0.391. The first-order valence-electron chi connectivity index (χ1n) is 10.6. The summed E-state index contributed by atoms with van der Waals surface area (Å²) in [7, 11) is -2.26. The van der Waals surface area contributed by atoms with E-state index in [0.29, 0.717) is 24.4 Å². The molecule has 1 saturated heterocycles. The van der Waals surface area contributed by atoms with E-state index in [2.05, 4.69) is 5.32 Å². The van der Waals surface area contributed by atoms with Gasteiger partial charge >= 0.3 is 5.97 Å². The number of fused-ring (bicyclic) bond motifs is 1. The number of amides is 1. The summed E-state index contributed by atoms with van der Waals surface area (Å²) < 4.78 is 38.4. The standard InChI is InChI=1S/C23H26N2O6S/c1-23(15-16-8-4-5-9-18(16)21(26)31-23)22(27)24-19-14-17(10-11-20(19)30-2)32(28,29)25-12-6-3-7-13-25/h4-5,8-11,14H,3,6-7,12-13,15H2,1-2H3,(H,24,27). The summed E-state index contributed by atoms with van der Waals surface area (Å²) in [6.07, 6.45) is 2.86. The molecule has 0 spiro atoms. The molecule has 1 amide bonds. The van der Waals surface area contributed by atoms with Gasteiger partial charge in [0.25, 0.3) is 5.91 Å². The lowest BCUT2D eigenvalue weighted by atomic mass is 9.89. The van der Waals surface area contributed by atoms with Crippen molar-refractivity contribution in [1.29, 1.82) is 0 Å². The van der Waals surface area contributed by atoms with Gasteiger partial charge in [-0.15, -0.1) is 0 Å². The number of benzene rings is 2. The number of hydrogen-bond acceptors (Lipinski definition) is 6. The van der Waals surface area contributed by atoms with Crippen LogP contribution in [0, 0.1) is 0 Å². The van der Waals surface area contributed by atoms with E-state index in [1.807, 2.05) is 0 Å². The lowest BCUT2D eigenvalue weighted by Crippen LogP contribution is -2.49. The number of cyclic esters (lactones) is 1. The molecule has 1 atom stereocenters. The number of methoxy groups -OCH3 is 1. The smallest absolute Gasteiger partial charge is 0.339 e. The maximum Gasteiger partial charge on any atom is 0.339 e. The van der Waals surface area contributed by atoms with Crippen LogP contribution >= 0.6 is 0 Å². The van der Waals surface area contributed by atoms with Crippen LogP contribution in [0.2, 0.25) is 0 Å². The van der Waals surface area contributed by atoms with Crippen molar-refractivity contribution in [2.45, 2.75) is 43.1 Å². The van der Waals surface area contributed by atoms with Crippen LogP contribution in [0.4, 0.5) is 5.69 Å². The van der Waals surface area contributed by atoms with Crippen molar-refractivity contribution in [2.75, 3.05) is 25.5 Å². The zero-order chi connectivity index (χ0) is 22.9. The number of sulfonamides is 1. The van der Waals surface area contributed by atoms with E-state index in [-0.39, 0.29) is 17.0 Å².